The van der Waals surface area contributed by atoms with E-state index in [9.17, 15) is 9.59 Å². The summed E-state index contributed by atoms with van der Waals surface area (Å²) in [5.41, 5.74) is 4.84. The molecule has 2 N–H and O–H groups in total. The number of carbonyl (C=O) groups is 2. The van der Waals surface area contributed by atoms with Crippen LogP contribution in [0, 0.1) is 0 Å². The molecule has 0 radical (unpaired) electrons. The minimum absolute atomic E-state index is 0.0323. The number of para-hydroxylation sites is 1. The molecule has 0 saturated carbocycles. The molecule has 0 bridgehead atoms. The second-order valence-corrected chi connectivity index (χ2v) is 9.28. The smallest absolute Gasteiger partial charge is 0.255 e. The van der Waals surface area contributed by atoms with Gasteiger partial charge in [-0.1, -0.05) is 24.3 Å². The van der Waals surface area contributed by atoms with Crippen LogP contribution in [0.15, 0.2) is 54.6 Å². The molecule has 0 aliphatic carbocycles. The number of amides is 2. The lowest BCUT2D eigenvalue weighted by atomic mass is 10.0. The number of nitrogens with zero attached hydrogens (tertiary/aromatic N) is 1. The van der Waals surface area contributed by atoms with E-state index >= 15 is 0 Å². The third kappa shape index (κ3) is 5.54. The summed E-state index contributed by atoms with van der Waals surface area (Å²) < 4.78 is 16.1. The van der Waals surface area contributed by atoms with Crippen molar-refractivity contribution in [1.82, 2.24) is 0 Å². The number of carbonyl (C=O) groups excluding carboxylic acids is 2. The predicted molar refractivity (Wildman–Crippen MR) is 144 cm³/mol. The first kappa shape index (κ1) is 26.0. The monoisotopic (exact) mass is 504 g/mol. The number of fused-ring (bicyclic) bond motifs is 2. The molecular weight excluding hydrogens is 470 g/mol. The first-order chi connectivity index (χ1) is 17.9. The highest BCUT2D eigenvalue weighted by Gasteiger charge is 2.27. The summed E-state index contributed by atoms with van der Waals surface area (Å²) in [6.07, 6.45) is 2.05. The molecule has 1 aliphatic heterocycles. The lowest BCUT2D eigenvalue weighted by Gasteiger charge is -2.26. The van der Waals surface area contributed by atoms with Gasteiger partial charge in [0.1, 0.15) is 0 Å². The molecular formula is C29H34N3O5+. The van der Waals surface area contributed by atoms with E-state index in [-0.39, 0.29) is 11.8 Å². The largest absolute Gasteiger partial charge is 0.493 e. The van der Waals surface area contributed by atoms with Crippen LogP contribution in [0.2, 0.25) is 0 Å². The highest BCUT2D eigenvalue weighted by molar-refractivity contribution is 6.07. The van der Waals surface area contributed by atoms with Crippen molar-refractivity contribution >= 4 is 28.9 Å². The van der Waals surface area contributed by atoms with Crippen LogP contribution in [0.3, 0.4) is 0 Å². The normalized spacial score (nSPS) is 12.3. The minimum atomic E-state index is -0.331. The molecule has 194 valence electrons. The van der Waals surface area contributed by atoms with Gasteiger partial charge in [-0.15, -0.1) is 0 Å². The van der Waals surface area contributed by atoms with Gasteiger partial charge in [0.2, 0.25) is 11.7 Å². The van der Waals surface area contributed by atoms with Crippen LogP contribution >= 0.6 is 0 Å². The average Bonchev–Trinajstić information content (AvgIpc) is 3.07. The van der Waals surface area contributed by atoms with Gasteiger partial charge in [0, 0.05) is 11.3 Å². The second kappa shape index (κ2) is 11.3. The molecule has 1 aliphatic rings. The SMILES string of the molecule is COc1cc(C(=O)Nc2ccc3c(c2)N(C(=O)CC[NH+](C)C)c2ccccc2CC3)cc(OC)c1OC. The molecule has 8 heteroatoms. The van der Waals surface area contributed by atoms with Crippen LogP contribution in [-0.4, -0.2) is 53.8 Å². The third-order valence-electron chi connectivity index (χ3n) is 6.50. The van der Waals surface area contributed by atoms with Gasteiger partial charge in [-0.25, -0.2) is 0 Å². The highest BCUT2D eigenvalue weighted by Crippen LogP contribution is 2.40. The molecule has 3 aromatic rings. The Balaban J connectivity index is 1.70. The quantitative estimate of drug-likeness (QED) is 0.492. The summed E-state index contributed by atoms with van der Waals surface area (Å²) in [6.45, 7) is 0.727. The van der Waals surface area contributed by atoms with Gasteiger partial charge < -0.3 is 24.4 Å². The molecule has 0 aromatic heterocycles. The van der Waals surface area contributed by atoms with E-state index in [2.05, 4.69) is 11.4 Å². The molecule has 0 saturated heterocycles. The minimum Gasteiger partial charge on any atom is -0.493 e. The molecule has 3 aromatic carbocycles. The van der Waals surface area contributed by atoms with E-state index in [1.165, 1.54) is 26.2 Å². The Morgan fingerprint density at radius 3 is 2.14 bits per heavy atom. The average molecular weight is 505 g/mol. The van der Waals surface area contributed by atoms with Crippen LogP contribution in [-0.2, 0) is 17.6 Å². The highest BCUT2D eigenvalue weighted by atomic mass is 16.5. The van der Waals surface area contributed by atoms with Crippen LogP contribution in [0.4, 0.5) is 17.1 Å². The van der Waals surface area contributed by atoms with E-state index in [4.69, 9.17) is 14.2 Å². The van der Waals surface area contributed by atoms with Crippen LogP contribution in [0.1, 0.15) is 27.9 Å². The van der Waals surface area contributed by atoms with E-state index in [0.717, 1.165) is 41.9 Å². The number of ether oxygens (including phenoxy) is 3. The number of aryl methyl sites for hydroxylation is 2. The Bertz CT molecular complexity index is 1280. The summed E-state index contributed by atoms with van der Waals surface area (Å²) in [5.74, 6) is 0.904. The molecule has 0 unspecified atom stereocenters. The van der Waals surface area contributed by atoms with Gasteiger partial charge in [-0.3, -0.25) is 14.5 Å². The molecule has 0 spiro atoms. The van der Waals surface area contributed by atoms with Gasteiger partial charge >= 0.3 is 0 Å². The van der Waals surface area contributed by atoms with Gasteiger partial charge in [0.15, 0.2) is 11.5 Å². The van der Waals surface area contributed by atoms with Gasteiger partial charge in [0.25, 0.3) is 5.91 Å². The Kier molecular flexibility index (Phi) is 7.98. The fourth-order valence-electron chi connectivity index (χ4n) is 4.55. The Labute approximate surface area is 217 Å². The van der Waals surface area contributed by atoms with E-state index < -0.39 is 0 Å². The number of hydrogen-bond donors (Lipinski definition) is 2. The predicted octanol–water partition coefficient (Wildman–Crippen LogP) is 3.26. The molecule has 0 fully saturated rings. The number of anilines is 3. The molecule has 0 atom stereocenters. The first-order valence-electron chi connectivity index (χ1n) is 12.3. The fourth-order valence-corrected chi connectivity index (χ4v) is 4.55. The number of rotatable bonds is 8. The summed E-state index contributed by atoms with van der Waals surface area (Å²) in [5, 5.41) is 2.97. The van der Waals surface area contributed by atoms with Crippen LogP contribution in [0.25, 0.3) is 0 Å². The second-order valence-electron chi connectivity index (χ2n) is 9.28. The summed E-state index contributed by atoms with van der Waals surface area (Å²) in [6, 6.07) is 17.0. The Morgan fingerprint density at radius 1 is 0.865 bits per heavy atom. The maximum absolute atomic E-state index is 13.5. The molecule has 2 amide bonds. The van der Waals surface area contributed by atoms with Crippen molar-refractivity contribution in [1.29, 1.82) is 0 Å². The van der Waals surface area contributed by atoms with Gasteiger partial charge in [-0.2, -0.15) is 0 Å². The van der Waals surface area contributed by atoms with Crippen molar-refractivity contribution in [2.24, 2.45) is 0 Å². The number of quaternary nitrogens is 1. The van der Waals surface area contributed by atoms with E-state index in [0.29, 0.717) is 34.9 Å². The maximum Gasteiger partial charge on any atom is 0.255 e. The number of benzene rings is 3. The van der Waals surface area contributed by atoms with Crippen LogP contribution < -0.4 is 29.3 Å². The fraction of sp³-hybridized carbons (Fsp3) is 0.310. The van der Waals surface area contributed by atoms with Crippen LogP contribution in [0.5, 0.6) is 17.2 Å². The topological polar surface area (TPSA) is 81.5 Å². The summed E-state index contributed by atoms with van der Waals surface area (Å²) >= 11 is 0. The standard InChI is InChI=1S/C29H33N3O5/c1-31(2)15-14-27(33)32-23-9-7-6-8-19(23)10-11-20-12-13-22(18-24(20)32)30-29(34)21-16-25(35-3)28(37-5)26(17-21)36-4/h6-9,12-13,16-18H,10-11,14-15H2,1-5H3,(H,30,34)/p+1. The molecule has 8 nitrogen and oxygen atoms in total. The van der Waals surface area contributed by atoms with Crippen molar-refractivity contribution in [2.45, 2.75) is 19.3 Å². The van der Waals surface area contributed by atoms with Crippen molar-refractivity contribution in [2.75, 3.05) is 52.2 Å². The molecule has 4 rings (SSSR count). The number of nitrogens with one attached hydrogen (secondary N) is 2. The van der Waals surface area contributed by atoms with E-state index in [1.54, 1.807) is 12.1 Å². The third-order valence-corrected chi connectivity index (χ3v) is 6.50. The lowest BCUT2D eigenvalue weighted by Crippen LogP contribution is -3.05. The van der Waals surface area contributed by atoms with Crippen molar-refractivity contribution < 1.29 is 28.7 Å². The maximum atomic E-state index is 13.5. The van der Waals surface area contributed by atoms with Gasteiger partial charge in [0.05, 0.1) is 59.8 Å². The Morgan fingerprint density at radius 2 is 1.51 bits per heavy atom. The summed E-state index contributed by atoms with van der Waals surface area (Å²) in [7, 11) is 8.60. The Hall–Kier alpha value is -4.04. The number of methoxy groups -OCH3 is 3. The zero-order valence-electron chi connectivity index (χ0n) is 22.0. The first-order valence-corrected chi connectivity index (χ1v) is 12.3. The molecule has 37 heavy (non-hydrogen) atoms. The zero-order chi connectivity index (χ0) is 26.5. The zero-order valence-corrected chi connectivity index (χ0v) is 22.0. The molecule has 1 heterocycles. The van der Waals surface area contributed by atoms with E-state index in [1.807, 2.05) is 55.4 Å². The lowest BCUT2D eigenvalue weighted by molar-refractivity contribution is -0.857. The van der Waals surface area contributed by atoms with Gasteiger partial charge in [-0.05, 0) is 54.3 Å². The van der Waals surface area contributed by atoms with Crippen molar-refractivity contribution in [3.8, 4) is 17.2 Å². The van der Waals surface area contributed by atoms with Crippen molar-refractivity contribution in [3.63, 3.8) is 0 Å². The number of hydrogen-bond acceptors (Lipinski definition) is 5. The van der Waals surface area contributed by atoms with Crippen molar-refractivity contribution in [3.05, 3.63) is 71.3 Å². The summed E-state index contributed by atoms with van der Waals surface area (Å²) in [4.78, 5) is 29.8.